The highest BCUT2D eigenvalue weighted by atomic mass is 32.2. The summed E-state index contributed by atoms with van der Waals surface area (Å²) < 4.78 is 25.8. The molecule has 2 amide bonds. The van der Waals surface area contributed by atoms with Crippen molar-refractivity contribution < 1.29 is 18.0 Å². The topological polar surface area (TPSA) is 86.8 Å². The van der Waals surface area contributed by atoms with Crippen LogP contribution in [0.2, 0.25) is 0 Å². The Morgan fingerprint density at radius 2 is 1.86 bits per heavy atom. The monoisotopic (exact) mass is 421 g/mol. The predicted molar refractivity (Wildman–Crippen MR) is 112 cm³/mol. The van der Waals surface area contributed by atoms with Gasteiger partial charge in [0.05, 0.1) is 11.7 Å². The zero-order chi connectivity index (χ0) is 20.9. The Hall–Kier alpha value is -1.93. The third kappa shape index (κ3) is 5.79. The molecule has 0 aliphatic carbocycles. The number of nitrogens with zero attached hydrogens (tertiary/aromatic N) is 2. The smallest absolute Gasteiger partial charge is 0.225 e. The molecule has 0 bridgehead atoms. The van der Waals surface area contributed by atoms with Gasteiger partial charge in [-0.3, -0.25) is 9.59 Å². The Morgan fingerprint density at radius 3 is 2.52 bits per heavy atom. The zero-order valence-electron chi connectivity index (χ0n) is 17.0. The van der Waals surface area contributed by atoms with Gasteiger partial charge in [-0.2, -0.15) is 0 Å². The Morgan fingerprint density at radius 1 is 1.17 bits per heavy atom. The number of amides is 2. The fourth-order valence-electron chi connectivity index (χ4n) is 4.06. The lowest BCUT2D eigenvalue weighted by atomic mass is 10.0. The number of rotatable bonds is 8. The molecule has 0 saturated carbocycles. The highest BCUT2D eigenvalue weighted by Crippen LogP contribution is 2.20. The molecule has 0 spiro atoms. The van der Waals surface area contributed by atoms with E-state index in [4.69, 9.17) is 0 Å². The molecule has 2 saturated heterocycles. The summed E-state index contributed by atoms with van der Waals surface area (Å²) in [6.45, 7) is 3.83. The molecule has 1 aromatic rings. The Labute approximate surface area is 173 Å². The minimum Gasteiger partial charge on any atom is -0.353 e. The molecular formula is C21H31N3O4S. The van der Waals surface area contributed by atoms with Gasteiger partial charge in [0.15, 0.2) is 0 Å². The first-order chi connectivity index (χ1) is 13.9. The molecule has 160 valence electrons. The highest BCUT2D eigenvalue weighted by Gasteiger charge is 2.35. The molecule has 3 rings (SSSR count). The van der Waals surface area contributed by atoms with E-state index in [0.717, 1.165) is 6.42 Å². The van der Waals surface area contributed by atoms with Gasteiger partial charge in [0.25, 0.3) is 0 Å². The van der Waals surface area contributed by atoms with E-state index in [2.05, 4.69) is 5.32 Å². The van der Waals surface area contributed by atoms with Crippen molar-refractivity contribution in [3.8, 4) is 0 Å². The molecule has 1 aromatic carbocycles. The largest absolute Gasteiger partial charge is 0.353 e. The van der Waals surface area contributed by atoms with Gasteiger partial charge in [-0.15, -0.1) is 0 Å². The number of hydrogen-bond acceptors (Lipinski definition) is 4. The number of likely N-dealkylation sites (tertiary alicyclic amines) is 1. The SMILES string of the molecule is CCCS(=O)(=O)N1CCC(NC(=O)C2CC(=O)N(CCc3ccccc3)C2)CC1. The Kier molecular flexibility index (Phi) is 7.29. The van der Waals surface area contributed by atoms with E-state index in [1.54, 1.807) is 4.90 Å². The lowest BCUT2D eigenvalue weighted by Crippen LogP contribution is -2.48. The summed E-state index contributed by atoms with van der Waals surface area (Å²) in [4.78, 5) is 26.7. The van der Waals surface area contributed by atoms with Crippen molar-refractivity contribution in [3.63, 3.8) is 0 Å². The first kappa shape index (κ1) is 21.8. The van der Waals surface area contributed by atoms with Crippen LogP contribution in [0.3, 0.4) is 0 Å². The van der Waals surface area contributed by atoms with Gasteiger partial charge in [-0.25, -0.2) is 12.7 Å². The van der Waals surface area contributed by atoms with E-state index in [0.29, 0.717) is 45.4 Å². The molecule has 2 aliphatic heterocycles. The number of hydrogen-bond donors (Lipinski definition) is 1. The second kappa shape index (κ2) is 9.71. The minimum absolute atomic E-state index is 0.0240. The fourth-order valence-corrected chi connectivity index (χ4v) is 5.60. The third-order valence-electron chi connectivity index (χ3n) is 5.75. The van der Waals surface area contributed by atoms with Gasteiger partial charge in [-0.1, -0.05) is 37.3 Å². The van der Waals surface area contributed by atoms with E-state index < -0.39 is 10.0 Å². The Balaban J connectivity index is 1.44. The Bertz CT molecular complexity index is 804. The van der Waals surface area contributed by atoms with Crippen LogP contribution in [0.4, 0.5) is 0 Å². The molecule has 2 fully saturated rings. The molecule has 8 heteroatoms. The molecule has 1 atom stereocenters. The quantitative estimate of drug-likeness (QED) is 0.687. The summed E-state index contributed by atoms with van der Waals surface area (Å²) in [5.41, 5.74) is 1.18. The summed E-state index contributed by atoms with van der Waals surface area (Å²) in [7, 11) is -3.18. The van der Waals surface area contributed by atoms with Crippen LogP contribution in [0, 0.1) is 5.92 Å². The van der Waals surface area contributed by atoms with Crippen molar-refractivity contribution in [1.29, 1.82) is 0 Å². The molecule has 0 aromatic heterocycles. The third-order valence-corrected chi connectivity index (χ3v) is 7.83. The summed E-state index contributed by atoms with van der Waals surface area (Å²) in [6, 6.07) is 9.99. The molecule has 1 N–H and O–H groups in total. The van der Waals surface area contributed by atoms with Gasteiger partial charge in [0, 0.05) is 38.6 Å². The standard InChI is InChI=1S/C21H31N3O4S/c1-2-14-29(27,28)24-12-9-19(10-13-24)22-21(26)18-15-20(25)23(16-18)11-8-17-6-4-3-5-7-17/h3-7,18-19H,2,8-16H2,1H3,(H,22,26). The van der Waals surface area contributed by atoms with Gasteiger partial charge >= 0.3 is 0 Å². The molecule has 29 heavy (non-hydrogen) atoms. The summed E-state index contributed by atoms with van der Waals surface area (Å²) in [5, 5.41) is 3.04. The van der Waals surface area contributed by atoms with Crippen LogP contribution in [0.15, 0.2) is 30.3 Å². The van der Waals surface area contributed by atoms with Gasteiger partial charge in [-0.05, 0) is 31.2 Å². The maximum absolute atomic E-state index is 12.6. The van der Waals surface area contributed by atoms with Crippen molar-refractivity contribution in [3.05, 3.63) is 35.9 Å². The second-order valence-electron chi connectivity index (χ2n) is 7.97. The number of carbonyl (C=O) groups excluding carboxylic acids is 2. The van der Waals surface area contributed by atoms with E-state index in [-0.39, 0.29) is 35.9 Å². The van der Waals surface area contributed by atoms with Gasteiger partial charge in [0.1, 0.15) is 0 Å². The lowest BCUT2D eigenvalue weighted by molar-refractivity contribution is -0.129. The summed E-state index contributed by atoms with van der Waals surface area (Å²) >= 11 is 0. The van der Waals surface area contributed by atoms with Crippen LogP contribution in [-0.2, 0) is 26.0 Å². The van der Waals surface area contributed by atoms with Crippen molar-refractivity contribution in [2.24, 2.45) is 5.92 Å². The number of sulfonamides is 1. The number of piperidine rings is 1. The fraction of sp³-hybridized carbons (Fsp3) is 0.619. The van der Waals surface area contributed by atoms with Gasteiger partial charge in [0.2, 0.25) is 21.8 Å². The molecular weight excluding hydrogens is 390 g/mol. The maximum Gasteiger partial charge on any atom is 0.225 e. The second-order valence-corrected chi connectivity index (χ2v) is 10.1. The zero-order valence-corrected chi connectivity index (χ0v) is 17.9. The molecule has 1 unspecified atom stereocenters. The molecule has 2 heterocycles. The minimum atomic E-state index is -3.18. The van der Waals surface area contributed by atoms with Gasteiger partial charge < -0.3 is 10.2 Å². The predicted octanol–water partition coefficient (Wildman–Crippen LogP) is 1.40. The average Bonchev–Trinajstić information content (AvgIpc) is 3.08. The lowest BCUT2D eigenvalue weighted by Gasteiger charge is -2.32. The molecule has 2 aliphatic rings. The van der Waals surface area contributed by atoms with Crippen molar-refractivity contribution in [2.45, 2.75) is 45.1 Å². The van der Waals surface area contributed by atoms with E-state index in [9.17, 15) is 18.0 Å². The van der Waals surface area contributed by atoms with Crippen LogP contribution in [0.1, 0.15) is 38.2 Å². The first-order valence-corrected chi connectivity index (χ1v) is 12.1. The number of carbonyl (C=O) groups is 2. The van der Waals surface area contributed by atoms with E-state index >= 15 is 0 Å². The number of nitrogens with one attached hydrogen (secondary N) is 1. The van der Waals surface area contributed by atoms with Crippen molar-refractivity contribution in [1.82, 2.24) is 14.5 Å². The van der Waals surface area contributed by atoms with E-state index in [1.807, 2.05) is 37.3 Å². The summed E-state index contributed by atoms with van der Waals surface area (Å²) in [5.74, 6) is -0.204. The average molecular weight is 422 g/mol. The molecule has 7 nitrogen and oxygen atoms in total. The van der Waals surface area contributed by atoms with E-state index in [1.165, 1.54) is 9.87 Å². The van der Waals surface area contributed by atoms with Crippen LogP contribution in [0.25, 0.3) is 0 Å². The first-order valence-electron chi connectivity index (χ1n) is 10.5. The van der Waals surface area contributed by atoms with Crippen LogP contribution in [0.5, 0.6) is 0 Å². The molecule has 0 radical (unpaired) electrons. The van der Waals surface area contributed by atoms with Crippen molar-refractivity contribution in [2.75, 3.05) is 31.9 Å². The normalized spacial score (nSPS) is 21.5. The number of benzene rings is 1. The van der Waals surface area contributed by atoms with Crippen LogP contribution in [-0.4, -0.2) is 67.4 Å². The van der Waals surface area contributed by atoms with Crippen LogP contribution >= 0.6 is 0 Å². The maximum atomic E-state index is 12.6. The van der Waals surface area contributed by atoms with Crippen LogP contribution < -0.4 is 5.32 Å². The highest BCUT2D eigenvalue weighted by molar-refractivity contribution is 7.89. The van der Waals surface area contributed by atoms with Crippen molar-refractivity contribution >= 4 is 21.8 Å². The summed E-state index contributed by atoms with van der Waals surface area (Å²) in [6.07, 6.45) is 2.88.